The molecule has 7 heteroatoms. The van der Waals surface area contributed by atoms with Crippen LogP contribution in [0, 0.1) is 0 Å². The zero-order chi connectivity index (χ0) is 18.8. The highest BCUT2D eigenvalue weighted by atomic mass is 35.5. The third-order valence-electron chi connectivity index (χ3n) is 4.41. The maximum Gasteiger partial charge on any atom is 0.265 e. The Labute approximate surface area is 161 Å². The van der Waals surface area contributed by atoms with E-state index < -0.39 is 12.1 Å². The molecule has 1 aliphatic rings. The summed E-state index contributed by atoms with van der Waals surface area (Å²) in [5, 5.41) is 3.66. The number of para-hydroxylation sites is 2. The Hall–Kier alpha value is -2.99. The van der Waals surface area contributed by atoms with Gasteiger partial charge < -0.3 is 19.4 Å². The number of fused-ring (bicyclic) bond motifs is 1. The van der Waals surface area contributed by atoms with Gasteiger partial charge >= 0.3 is 0 Å². The fraction of sp³-hybridized carbons (Fsp3) is 0.200. The van der Waals surface area contributed by atoms with E-state index in [1.165, 1.54) is 0 Å². The van der Waals surface area contributed by atoms with Crippen molar-refractivity contribution < 1.29 is 14.3 Å². The van der Waals surface area contributed by atoms with Crippen LogP contribution in [0.15, 0.2) is 60.9 Å². The van der Waals surface area contributed by atoms with E-state index in [0.717, 1.165) is 5.56 Å². The van der Waals surface area contributed by atoms with Crippen molar-refractivity contribution in [1.29, 1.82) is 0 Å². The Balaban J connectivity index is 1.58. The summed E-state index contributed by atoms with van der Waals surface area (Å²) in [6.45, 7) is 0.150. The molecule has 27 heavy (non-hydrogen) atoms. The molecule has 1 aromatic heterocycles. The first-order chi connectivity index (χ1) is 13.1. The van der Waals surface area contributed by atoms with E-state index in [4.69, 9.17) is 21.1 Å². The van der Waals surface area contributed by atoms with Gasteiger partial charge in [0.15, 0.2) is 11.5 Å². The quantitative estimate of drug-likeness (QED) is 0.751. The van der Waals surface area contributed by atoms with Gasteiger partial charge in [0, 0.05) is 24.5 Å². The Morgan fingerprint density at radius 2 is 1.96 bits per heavy atom. The number of imidazole rings is 1. The molecule has 1 N–H and O–H groups in total. The average molecular weight is 384 g/mol. The Bertz CT molecular complexity index is 955. The number of halogens is 1. The van der Waals surface area contributed by atoms with E-state index in [0.29, 0.717) is 22.3 Å². The number of amides is 1. The van der Waals surface area contributed by atoms with Gasteiger partial charge in [-0.1, -0.05) is 35.9 Å². The van der Waals surface area contributed by atoms with Gasteiger partial charge in [0.25, 0.3) is 5.91 Å². The second kappa shape index (κ2) is 7.32. The minimum atomic E-state index is -0.741. The maximum atomic E-state index is 12.9. The zero-order valence-corrected chi connectivity index (χ0v) is 15.4. The van der Waals surface area contributed by atoms with E-state index >= 15 is 0 Å². The number of aromatic nitrogens is 2. The summed E-state index contributed by atoms with van der Waals surface area (Å²) in [5.74, 6) is 1.64. The normalized spacial score (nSPS) is 16.6. The van der Waals surface area contributed by atoms with Crippen molar-refractivity contribution in [3.8, 4) is 11.5 Å². The van der Waals surface area contributed by atoms with E-state index in [1.54, 1.807) is 24.4 Å². The van der Waals surface area contributed by atoms with Crippen LogP contribution >= 0.6 is 11.6 Å². The van der Waals surface area contributed by atoms with Crippen molar-refractivity contribution in [3.05, 3.63) is 77.3 Å². The SMILES string of the molecule is Cn1ccnc1[C@H](NC(=O)[C@@H]1COc2ccccc2O1)c1ccc(Cl)cc1. The summed E-state index contributed by atoms with van der Waals surface area (Å²) in [6, 6.07) is 14.2. The van der Waals surface area contributed by atoms with E-state index in [-0.39, 0.29) is 12.5 Å². The average Bonchev–Trinajstić information content (AvgIpc) is 3.12. The molecule has 0 bridgehead atoms. The predicted octanol–water partition coefficient (Wildman–Crippen LogP) is 3.12. The van der Waals surface area contributed by atoms with Crippen LogP contribution in [0.3, 0.4) is 0 Å². The van der Waals surface area contributed by atoms with Crippen LogP contribution < -0.4 is 14.8 Å². The van der Waals surface area contributed by atoms with Gasteiger partial charge in [-0.2, -0.15) is 0 Å². The Kier molecular flexibility index (Phi) is 4.73. The number of nitrogens with one attached hydrogen (secondary N) is 1. The van der Waals surface area contributed by atoms with Crippen molar-refractivity contribution in [2.75, 3.05) is 6.61 Å². The van der Waals surface area contributed by atoms with E-state index in [1.807, 2.05) is 48.1 Å². The summed E-state index contributed by atoms with van der Waals surface area (Å²) >= 11 is 6.00. The van der Waals surface area contributed by atoms with Crippen LogP contribution in [-0.4, -0.2) is 28.2 Å². The minimum Gasteiger partial charge on any atom is -0.485 e. The number of hydrogen-bond donors (Lipinski definition) is 1. The molecule has 0 aliphatic carbocycles. The van der Waals surface area contributed by atoms with Crippen molar-refractivity contribution in [2.45, 2.75) is 12.1 Å². The molecule has 6 nitrogen and oxygen atoms in total. The van der Waals surface area contributed by atoms with E-state index in [2.05, 4.69) is 10.3 Å². The third-order valence-corrected chi connectivity index (χ3v) is 4.66. The summed E-state index contributed by atoms with van der Waals surface area (Å²) < 4.78 is 13.3. The molecule has 2 heterocycles. The number of rotatable bonds is 4. The van der Waals surface area contributed by atoms with Gasteiger partial charge in [-0.15, -0.1) is 0 Å². The first kappa shape index (κ1) is 17.4. The number of benzene rings is 2. The molecule has 0 radical (unpaired) electrons. The van der Waals surface area contributed by atoms with Crippen LogP contribution in [0.4, 0.5) is 0 Å². The molecular weight excluding hydrogens is 366 g/mol. The van der Waals surface area contributed by atoms with Crippen molar-refractivity contribution in [1.82, 2.24) is 14.9 Å². The van der Waals surface area contributed by atoms with Crippen molar-refractivity contribution in [3.63, 3.8) is 0 Å². The zero-order valence-electron chi connectivity index (χ0n) is 14.6. The summed E-state index contributed by atoms with van der Waals surface area (Å²) in [5.41, 5.74) is 0.874. The molecule has 0 fully saturated rings. The van der Waals surface area contributed by atoms with Crippen LogP contribution in [0.2, 0.25) is 5.02 Å². The molecule has 0 unspecified atom stereocenters. The Morgan fingerprint density at radius 3 is 2.67 bits per heavy atom. The summed E-state index contributed by atoms with van der Waals surface area (Å²) in [4.78, 5) is 17.3. The van der Waals surface area contributed by atoms with Crippen LogP contribution in [0.1, 0.15) is 17.4 Å². The highest BCUT2D eigenvalue weighted by molar-refractivity contribution is 6.30. The highest BCUT2D eigenvalue weighted by Crippen LogP contribution is 2.31. The molecule has 0 saturated carbocycles. The molecular formula is C20H18ClN3O3. The lowest BCUT2D eigenvalue weighted by molar-refractivity contribution is -0.130. The number of carbonyl (C=O) groups is 1. The first-order valence-corrected chi connectivity index (χ1v) is 8.91. The molecule has 138 valence electrons. The molecule has 4 rings (SSSR count). The van der Waals surface area contributed by atoms with E-state index in [9.17, 15) is 4.79 Å². The van der Waals surface area contributed by atoms with Gasteiger partial charge in [-0.25, -0.2) is 4.98 Å². The summed E-state index contributed by atoms with van der Waals surface area (Å²) in [6.07, 6.45) is 2.79. The maximum absolute atomic E-state index is 12.9. The monoisotopic (exact) mass is 383 g/mol. The largest absolute Gasteiger partial charge is 0.485 e. The standard InChI is InChI=1S/C20H18ClN3O3/c1-24-11-10-22-19(24)18(13-6-8-14(21)9-7-13)23-20(25)17-12-26-15-4-2-3-5-16(15)27-17/h2-11,17-18H,12H2,1H3,(H,23,25)/t17-,18+/m0/s1. The molecule has 1 amide bonds. The minimum absolute atomic E-state index is 0.150. The number of ether oxygens (including phenoxy) is 2. The van der Waals surface area contributed by atoms with Gasteiger partial charge in [-0.05, 0) is 29.8 Å². The molecule has 2 aromatic carbocycles. The fourth-order valence-electron chi connectivity index (χ4n) is 2.99. The third kappa shape index (κ3) is 3.61. The van der Waals surface area contributed by atoms with Gasteiger partial charge in [-0.3, -0.25) is 4.79 Å². The van der Waals surface area contributed by atoms with Crippen LogP contribution in [0.25, 0.3) is 0 Å². The molecule has 2 atom stereocenters. The molecule has 3 aromatic rings. The molecule has 0 spiro atoms. The predicted molar refractivity (Wildman–Crippen MR) is 101 cm³/mol. The number of nitrogens with zero attached hydrogens (tertiary/aromatic N) is 2. The van der Waals surface area contributed by atoms with Crippen LogP contribution in [0.5, 0.6) is 11.5 Å². The van der Waals surface area contributed by atoms with Gasteiger partial charge in [0.05, 0.1) is 0 Å². The number of aryl methyl sites for hydroxylation is 1. The second-order valence-electron chi connectivity index (χ2n) is 6.25. The van der Waals surface area contributed by atoms with Crippen molar-refractivity contribution in [2.24, 2.45) is 7.05 Å². The van der Waals surface area contributed by atoms with Gasteiger partial charge in [0.1, 0.15) is 18.5 Å². The molecule has 0 saturated heterocycles. The lowest BCUT2D eigenvalue weighted by atomic mass is 10.1. The number of carbonyl (C=O) groups excluding carboxylic acids is 1. The molecule has 1 aliphatic heterocycles. The Morgan fingerprint density at radius 1 is 1.22 bits per heavy atom. The highest BCUT2D eigenvalue weighted by Gasteiger charge is 2.30. The lowest BCUT2D eigenvalue weighted by Gasteiger charge is -2.27. The first-order valence-electron chi connectivity index (χ1n) is 8.53. The van der Waals surface area contributed by atoms with Gasteiger partial charge in [0.2, 0.25) is 6.10 Å². The topological polar surface area (TPSA) is 65.4 Å². The smallest absolute Gasteiger partial charge is 0.265 e. The van der Waals surface area contributed by atoms with Crippen molar-refractivity contribution >= 4 is 17.5 Å². The number of hydrogen-bond acceptors (Lipinski definition) is 4. The second-order valence-corrected chi connectivity index (χ2v) is 6.69. The fourth-order valence-corrected chi connectivity index (χ4v) is 3.12. The van der Waals surface area contributed by atoms with Crippen LogP contribution in [-0.2, 0) is 11.8 Å². The summed E-state index contributed by atoms with van der Waals surface area (Å²) in [7, 11) is 1.88. The lowest BCUT2D eigenvalue weighted by Crippen LogP contribution is -2.45.